The maximum atomic E-state index is 13.1. The molecule has 9 nitrogen and oxygen atoms in total. The molecule has 3 amide bonds. The molecule has 0 aliphatic carbocycles. The van der Waals surface area contributed by atoms with Gasteiger partial charge in [0.15, 0.2) is 5.82 Å². The number of amides is 3. The Morgan fingerprint density at radius 2 is 1.91 bits per heavy atom. The summed E-state index contributed by atoms with van der Waals surface area (Å²) in [6, 6.07) is 10.9. The van der Waals surface area contributed by atoms with Crippen LogP contribution in [0, 0.1) is 12.7 Å². The number of methoxy groups -OCH3 is 1. The molecule has 2 aromatic carbocycles. The molecule has 182 valence electrons. The summed E-state index contributed by atoms with van der Waals surface area (Å²) in [6.07, 6.45) is 4.54. The van der Waals surface area contributed by atoms with Gasteiger partial charge in [-0.15, -0.1) is 0 Å². The summed E-state index contributed by atoms with van der Waals surface area (Å²) in [7, 11) is 1.46. The van der Waals surface area contributed by atoms with Crippen LogP contribution < -0.4 is 26.0 Å². The second kappa shape index (κ2) is 10.9. The largest absolute Gasteiger partial charge is 0.495 e. The van der Waals surface area contributed by atoms with Gasteiger partial charge in [-0.05, 0) is 55.7 Å². The quantitative estimate of drug-likeness (QED) is 0.414. The van der Waals surface area contributed by atoms with Crippen molar-refractivity contribution in [3.05, 3.63) is 77.5 Å². The van der Waals surface area contributed by atoms with Crippen molar-refractivity contribution in [3.8, 4) is 5.75 Å². The summed E-state index contributed by atoms with van der Waals surface area (Å²) < 4.78 is 18.5. The van der Waals surface area contributed by atoms with E-state index in [-0.39, 0.29) is 23.8 Å². The fraction of sp³-hybridized carbons (Fsp3) is 0.280. The van der Waals surface area contributed by atoms with Crippen molar-refractivity contribution in [1.29, 1.82) is 0 Å². The Kier molecular flexibility index (Phi) is 7.51. The molecule has 2 atom stereocenters. The van der Waals surface area contributed by atoms with Gasteiger partial charge in [-0.2, -0.15) is 0 Å². The summed E-state index contributed by atoms with van der Waals surface area (Å²) in [5, 5.41) is 11.7. The Labute approximate surface area is 202 Å². The second-order valence-electron chi connectivity index (χ2n) is 8.38. The Bertz CT molecular complexity index is 1190. The molecular weight excluding hydrogens is 451 g/mol. The third-order valence-electron chi connectivity index (χ3n) is 5.69. The van der Waals surface area contributed by atoms with E-state index in [2.05, 4.69) is 31.2 Å². The molecule has 1 saturated heterocycles. The lowest BCUT2D eigenvalue weighted by molar-refractivity contribution is 0.0939. The van der Waals surface area contributed by atoms with Gasteiger partial charge in [-0.25, -0.2) is 14.2 Å². The highest BCUT2D eigenvalue weighted by atomic mass is 19.1. The van der Waals surface area contributed by atoms with Gasteiger partial charge in [-0.3, -0.25) is 15.1 Å². The zero-order chi connectivity index (χ0) is 24.8. The van der Waals surface area contributed by atoms with E-state index in [0.717, 1.165) is 24.1 Å². The average Bonchev–Trinajstić information content (AvgIpc) is 3.28. The monoisotopic (exact) mass is 478 g/mol. The maximum absolute atomic E-state index is 13.1. The molecule has 10 heteroatoms. The number of hydrogen-bond acceptors (Lipinski definition) is 6. The van der Waals surface area contributed by atoms with E-state index in [9.17, 15) is 14.0 Å². The normalized spacial score (nSPS) is 17.0. The third-order valence-corrected chi connectivity index (χ3v) is 5.69. The molecule has 4 N–H and O–H groups in total. The summed E-state index contributed by atoms with van der Waals surface area (Å²) in [5.74, 6) is 0.173. The molecule has 35 heavy (non-hydrogen) atoms. The van der Waals surface area contributed by atoms with Crippen molar-refractivity contribution in [2.45, 2.75) is 31.8 Å². The van der Waals surface area contributed by atoms with Crippen LogP contribution in [0.4, 0.5) is 20.7 Å². The first-order valence-electron chi connectivity index (χ1n) is 11.2. The molecule has 0 bridgehead atoms. The number of nitrogens with one attached hydrogen (secondary N) is 4. The highest BCUT2D eigenvalue weighted by Gasteiger charge is 2.26. The number of carbonyl (C=O) groups excluding carboxylic acids is 2. The molecule has 1 aromatic heterocycles. The van der Waals surface area contributed by atoms with Crippen LogP contribution >= 0.6 is 0 Å². The van der Waals surface area contributed by atoms with Gasteiger partial charge in [0.2, 0.25) is 0 Å². The first-order chi connectivity index (χ1) is 16.9. The molecule has 1 aliphatic rings. The van der Waals surface area contributed by atoms with Crippen LogP contribution in [0.1, 0.15) is 28.0 Å². The number of halogens is 1. The van der Waals surface area contributed by atoms with Crippen LogP contribution in [-0.4, -0.2) is 47.6 Å². The molecular formula is C25H27FN6O3. The Morgan fingerprint density at radius 3 is 2.63 bits per heavy atom. The molecule has 1 aliphatic heterocycles. The predicted molar refractivity (Wildman–Crippen MR) is 130 cm³/mol. The Balaban J connectivity index is 1.32. The van der Waals surface area contributed by atoms with Gasteiger partial charge in [0, 0.05) is 24.2 Å². The van der Waals surface area contributed by atoms with Crippen LogP contribution in [0.5, 0.6) is 5.75 Å². The van der Waals surface area contributed by atoms with E-state index >= 15 is 0 Å². The van der Waals surface area contributed by atoms with Crippen molar-refractivity contribution in [1.82, 2.24) is 20.6 Å². The smallest absolute Gasteiger partial charge is 0.324 e. The highest BCUT2D eigenvalue weighted by molar-refractivity contribution is 6.01. The number of benzene rings is 2. The van der Waals surface area contributed by atoms with E-state index in [4.69, 9.17) is 4.74 Å². The minimum atomic E-state index is -0.511. The van der Waals surface area contributed by atoms with Crippen LogP contribution in [-0.2, 0) is 6.42 Å². The topological polar surface area (TPSA) is 117 Å². The molecule has 2 unspecified atom stereocenters. The fourth-order valence-electron chi connectivity index (χ4n) is 3.92. The van der Waals surface area contributed by atoms with Gasteiger partial charge in [0.1, 0.15) is 11.6 Å². The van der Waals surface area contributed by atoms with Gasteiger partial charge in [-0.1, -0.05) is 12.1 Å². The van der Waals surface area contributed by atoms with E-state index in [1.807, 2.05) is 0 Å². The lowest BCUT2D eigenvalue weighted by Gasteiger charge is -2.15. The number of hydrogen-bond donors (Lipinski definition) is 4. The fourth-order valence-corrected chi connectivity index (χ4v) is 3.92. The van der Waals surface area contributed by atoms with E-state index < -0.39 is 6.03 Å². The minimum absolute atomic E-state index is 0.0295. The molecule has 1 fully saturated rings. The molecule has 2 heterocycles. The number of carbonyl (C=O) groups is 2. The number of aryl methyl sites for hydroxylation is 1. The van der Waals surface area contributed by atoms with Crippen LogP contribution in [0.2, 0.25) is 0 Å². The van der Waals surface area contributed by atoms with E-state index in [1.165, 1.54) is 25.4 Å². The van der Waals surface area contributed by atoms with Crippen molar-refractivity contribution < 1.29 is 18.7 Å². The summed E-state index contributed by atoms with van der Waals surface area (Å²) >= 11 is 0. The number of nitrogens with zero attached hydrogens (tertiary/aromatic N) is 2. The number of aromatic nitrogens is 2. The molecule has 4 rings (SSSR count). The zero-order valence-corrected chi connectivity index (χ0v) is 19.5. The third kappa shape index (κ3) is 6.51. The molecule has 0 spiro atoms. The standard InChI is InChI=1S/C25H27FN6O3/c1-15-12-29-23(14-27-15)32-25(34)31-21-8-5-17(10-22(21)35-2)24(33)30-20-11-19(28-13-20)9-16-3-6-18(26)7-4-16/h3-8,10,12,14,19-20,28H,9,11,13H2,1-2H3,(H,30,33)(H2,29,31,32,34). The van der Waals surface area contributed by atoms with E-state index in [0.29, 0.717) is 29.4 Å². The van der Waals surface area contributed by atoms with Crippen molar-refractivity contribution in [3.63, 3.8) is 0 Å². The van der Waals surface area contributed by atoms with Crippen LogP contribution in [0.15, 0.2) is 54.9 Å². The molecule has 0 radical (unpaired) electrons. The number of ether oxygens (including phenoxy) is 1. The lowest BCUT2D eigenvalue weighted by Crippen LogP contribution is -2.36. The summed E-state index contributed by atoms with van der Waals surface area (Å²) in [5.41, 5.74) is 2.60. The van der Waals surface area contributed by atoms with Gasteiger partial charge >= 0.3 is 6.03 Å². The number of urea groups is 1. The first kappa shape index (κ1) is 24.1. The van der Waals surface area contributed by atoms with Crippen LogP contribution in [0.3, 0.4) is 0 Å². The minimum Gasteiger partial charge on any atom is -0.495 e. The molecule has 3 aromatic rings. The van der Waals surface area contributed by atoms with E-state index in [1.54, 1.807) is 43.5 Å². The van der Waals surface area contributed by atoms with Crippen molar-refractivity contribution in [2.24, 2.45) is 0 Å². The van der Waals surface area contributed by atoms with Gasteiger partial charge < -0.3 is 20.7 Å². The molecule has 0 saturated carbocycles. The highest BCUT2D eigenvalue weighted by Crippen LogP contribution is 2.26. The average molecular weight is 479 g/mol. The van der Waals surface area contributed by atoms with Crippen molar-refractivity contribution >= 4 is 23.4 Å². The predicted octanol–water partition coefficient (Wildman–Crippen LogP) is 3.28. The number of anilines is 2. The zero-order valence-electron chi connectivity index (χ0n) is 19.5. The van der Waals surface area contributed by atoms with Crippen molar-refractivity contribution in [2.75, 3.05) is 24.3 Å². The van der Waals surface area contributed by atoms with Gasteiger partial charge in [0.05, 0.1) is 30.9 Å². The summed E-state index contributed by atoms with van der Waals surface area (Å²) in [6.45, 7) is 2.45. The first-order valence-corrected chi connectivity index (χ1v) is 11.2. The lowest BCUT2D eigenvalue weighted by atomic mass is 10.0. The Morgan fingerprint density at radius 1 is 1.11 bits per heavy atom. The SMILES string of the molecule is COc1cc(C(=O)NC2CNC(Cc3ccc(F)cc3)C2)ccc1NC(=O)Nc1cnc(C)cn1. The van der Waals surface area contributed by atoms with Crippen LogP contribution in [0.25, 0.3) is 0 Å². The number of rotatable bonds is 7. The Hall–Kier alpha value is -4.05. The summed E-state index contributed by atoms with van der Waals surface area (Å²) in [4.78, 5) is 33.3. The second-order valence-corrected chi connectivity index (χ2v) is 8.38. The maximum Gasteiger partial charge on any atom is 0.324 e. The van der Waals surface area contributed by atoms with Gasteiger partial charge in [0.25, 0.3) is 5.91 Å².